The summed E-state index contributed by atoms with van der Waals surface area (Å²) in [5.41, 5.74) is -0.408. The number of rotatable bonds is 8. The van der Waals surface area contributed by atoms with E-state index in [1.807, 2.05) is 0 Å². The van der Waals surface area contributed by atoms with Crippen LogP contribution < -0.4 is 19.7 Å². The van der Waals surface area contributed by atoms with Crippen LogP contribution in [0.25, 0.3) is 0 Å². The van der Waals surface area contributed by atoms with Crippen LogP contribution in [0.4, 0.5) is 18.9 Å². The molecule has 2 aromatic carbocycles. The Morgan fingerprint density at radius 2 is 2.06 bits per heavy atom. The maximum absolute atomic E-state index is 12.8. The Morgan fingerprint density at radius 3 is 2.76 bits per heavy atom. The summed E-state index contributed by atoms with van der Waals surface area (Å²) in [6.07, 6.45) is -5.70. The van der Waals surface area contributed by atoms with Crippen LogP contribution in [0.2, 0.25) is 5.02 Å². The van der Waals surface area contributed by atoms with Crippen molar-refractivity contribution >= 4 is 29.1 Å². The van der Waals surface area contributed by atoms with Gasteiger partial charge in [-0.25, -0.2) is 0 Å². The minimum atomic E-state index is -4.51. The predicted octanol–water partition coefficient (Wildman–Crippen LogP) is 3.28. The number of benzene rings is 2. The molecule has 1 fully saturated rings. The molecule has 0 saturated carbocycles. The smallest absolute Gasteiger partial charge is 0.416 e. The van der Waals surface area contributed by atoms with Crippen LogP contribution in [-0.2, 0) is 15.8 Å². The number of hydrogen-bond acceptors (Lipinski definition) is 5. The van der Waals surface area contributed by atoms with E-state index in [2.05, 4.69) is 5.32 Å². The molecule has 0 aliphatic carbocycles. The quantitative estimate of drug-likeness (QED) is 0.598. The SMILES string of the molecule is COc1ccc(Cl)cc1N1CC(C(=O)NCC(O)COc2cccc(C(F)(F)F)c2)CC1=O. The van der Waals surface area contributed by atoms with Gasteiger partial charge in [-0.1, -0.05) is 17.7 Å². The number of amides is 2. The second-order valence-electron chi connectivity index (χ2n) is 7.46. The van der Waals surface area contributed by atoms with Crippen molar-refractivity contribution in [2.45, 2.75) is 18.7 Å². The highest BCUT2D eigenvalue weighted by molar-refractivity contribution is 6.31. The molecule has 7 nitrogen and oxygen atoms in total. The average molecular weight is 487 g/mol. The van der Waals surface area contributed by atoms with Crippen LogP contribution in [0.15, 0.2) is 42.5 Å². The number of carbonyl (C=O) groups is 2. The summed E-state index contributed by atoms with van der Waals surface area (Å²) in [6, 6.07) is 9.10. The van der Waals surface area contributed by atoms with Gasteiger partial charge in [-0.2, -0.15) is 13.2 Å². The van der Waals surface area contributed by atoms with Crippen molar-refractivity contribution in [3.8, 4) is 11.5 Å². The molecule has 11 heteroatoms. The Bertz CT molecular complexity index is 1020. The van der Waals surface area contributed by atoms with Crippen LogP contribution in [-0.4, -0.2) is 49.8 Å². The second-order valence-corrected chi connectivity index (χ2v) is 7.89. The molecule has 0 spiro atoms. The van der Waals surface area contributed by atoms with E-state index >= 15 is 0 Å². The topological polar surface area (TPSA) is 88.1 Å². The van der Waals surface area contributed by atoms with Gasteiger partial charge >= 0.3 is 6.18 Å². The molecule has 178 valence electrons. The minimum absolute atomic E-state index is 0.0294. The Morgan fingerprint density at radius 1 is 1.30 bits per heavy atom. The third kappa shape index (κ3) is 6.29. The molecule has 2 amide bonds. The minimum Gasteiger partial charge on any atom is -0.495 e. The van der Waals surface area contributed by atoms with Crippen molar-refractivity contribution in [2.75, 3.05) is 31.7 Å². The summed E-state index contributed by atoms with van der Waals surface area (Å²) in [5.74, 6) is -0.981. The highest BCUT2D eigenvalue weighted by Gasteiger charge is 2.36. The lowest BCUT2D eigenvalue weighted by Gasteiger charge is -2.20. The second kappa shape index (κ2) is 10.3. The van der Waals surface area contributed by atoms with Gasteiger partial charge in [-0.05, 0) is 36.4 Å². The molecular formula is C22H22ClF3N2O5. The van der Waals surface area contributed by atoms with Crippen molar-refractivity contribution in [1.82, 2.24) is 5.32 Å². The van der Waals surface area contributed by atoms with E-state index in [-0.39, 0.29) is 37.8 Å². The summed E-state index contributed by atoms with van der Waals surface area (Å²) in [7, 11) is 1.46. The number of aliphatic hydroxyl groups is 1. The zero-order valence-corrected chi connectivity index (χ0v) is 18.3. The molecule has 1 saturated heterocycles. The molecule has 1 aliphatic rings. The summed E-state index contributed by atoms with van der Waals surface area (Å²) in [4.78, 5) is 26.4. The van der Waals surface area contributed by atoms with Gasteiger partial charge in [0.25, 0.3) is 0 Å². The largest absolute Gasteiger partial charge is 0.495 e. The van der Waals surface area contributed by atoms with Gasteiger partial charge in [-0.15, -0.1) is 0 Å². The van der Waals surface area contributed by atoms with Crippen LogP contribution in [0.5, 0.6) is 11.5 Å². The first-order chi connectivity index (χ1) is 15.6. The number of nitrogens with zero attached hydrogens (tertiary/aromatic N) is 1. The number of aliphatic hydroxyl groups excluding tert-OH is 1. The van der Waals surface area contributed by atoms with Gasteiger partial charge in [0, 0.05) is 24.5 Å². The molecule has 0 radical (unpaired) electrons. The first kappa shape index (κ1) is 24.7. The molecule has 2 unspecified atom stereocenters. The molecule has 3 rings (SSSR count). The number of methoxy groups -OCH3 is 1. The first-order valence-corrected chi connectivity index (χ1v) is 10.4. The fraction of sp³-hybridized carbons (Fsp3) is 0.364. The molecule has 2 atom stereocenters. The lowest BCUT2D eigenvalue weighted by molar-refractivity contribution is -0.137. The van der Waals surface area contributed by atoms with Gasteiger partial charge in [-0.3, -0.25) is 9.59 Å². The van der Waals surface area contributed by atoms with Gasteiger partial charge in [0.15, 0.2) is 0 Å². The van der Waals surface area contributed by atoms with Crippen LogP contribution in [0.3, 0.4) is 0 Å². The number of alkyl halides is 3. The van der Waals surface area contributed by atoms with E-state index in [1.165, 1.54) is 24.1 Å². The van der Waals surface area contributed by atoms with Crippen molar-refractivity contribution in [3.63, 3.8) is 0 Å². The summed E-state index contributed by atoms with van der Waals surface area (Å²) in [6.45, 7) is -0.405. The Labute approximate surface area is 193 Å². The number of halogens is 4. The predicted molar refractivity (Wildman–Crippen MR) is 114 cm³/mol. The molecule has 1 aliphatic heterocycles. The molecule has 1 heterocycles. The zero-order valence-electron chi connectivity index (χ0n) is 17.6. The molecule has 33 heavy (non-hydrogen) atoms. The number of ether oxygens (including phenoxy) is 2. The highest BCUT2D eigenvalue weighted by atomic mass is 35.5. The van der Waals surface area contributed by atoms with Crippen molar-refractivity contribution in [2.24, 2.45) is 5.92 Å². The van der Waals surface area contributed by atoms with Crippen molar-refractivity contribution in [1.29, 1.82) is 0 Å². The summed E-state index contributed by atoms with van der Waals surface area (Å²) < 4.78 is 48.7. The third-order valence-corrected chi connectivity index (χ3v) is 5.28. The fourth-order valence-corrected chi connectivity index (χ4v) is 3.53. The number of anilines is 1. The Kier molecular flexibility index (Phi) is 7.70. The number of carbonyl (C=O) groups excluding carboxylic acids is 2. The zero-order chi connectivity index (χ0) is 24.2. The number of hydrogen-bond donors (Lipinski definition) is 2. The normalized spacial score (nSPS) is 17.1. The molecular weight excluding hydrogens is 465 g/mol. The molecule has 0 bridgehead atoms. The van der Waals surface area contributed by atoms with Gasteiger partial charge in [0.05, 0.1) is 24.3 Å². The van der Waals surface area contributed by atoms with Gasteiger partial charge in [0.2, 0.25) is 11.8 Å². The fourth-order valence-electron chi connectivity index (χ4n) is 3.37. The third-order valence-electron chi connectivity index (χ3n) is 5.04. The van der Waals surface area contributed by atoms with Crippen molar-refractivity contribution < 1.29 is 37.3 Å². The lowest BCUT2D eigenvalue weighted by atomic mass is 10.1. The van der Waals surface area contributed by atoms with E-state index in [1.54, 1.807) is 18.2 Å². The summed E-state index contributed by atoms with van der Waals surface area (Å²) in [5, 5.41) is 13.0. The molecule has 2 aromatic rings. The first-order valence-electron chi connectivity index (χ1n) is 9.98. The van der Waals surface area contributed by atoms with E-state index in [9.17, 15) is 27.9 Å². The van der Waals surface area contributed by atoms with Crippen LogP contribution in [0.1, 0.15) is 12.0 Å². The standard InChI is InChI=1S/C22H22ClF3N2O5/c1-32-19-6-5-15(23)9-18(19)28-11-13(7-20(28)30)21(31)27-10-16(29)12-33-17-4-2-3-14(8-17)22(24,25)26/h2-6,8-9,13,16,29H,7,10-12H2,1H3,(H,27,31). The Hall–Kier alpha value is -2.98. The highest BCUT2D eigenvalue weighted by Crippen LogP contribution is 2.35. The van der Waals surface area contributed by atoms with E-state index in [4.69, 9.17) is 21.1 Å². The van der Waals surface area contributed by atoms with Gasteiger partial charge < -0.3 is 24.8 Å². The van der Waals surface area contributed by atoms with E-state index in [0.717, 1.165) is 12.1 Å². The maximum Gasteiger partial charge on any atom is 0.416 e. The average Bonchev–Trinajstić information content (AvgIpc) is 3.17. The van der Waals surface area contributed by atoms with Crippen LogP contribution >= 0.6 is 11.6 Å². The monoisotopic (exact) mass is 486 g/mol. The van der Waals surface area contributed by atoms with Crippen molar-refractivity contribution in [3.05, 3.63) is 53.1 Å². The lowest BCUT2D eigenvalue weighted by Crippen LogP contribution is -2.39. The van der Waals surface area contributed by atoms with Gasteiger partial charge in [0.1, 0.15) is 24.2 Å². The van der Waals surface area contributed by atoms with Crippen LogP contribution in [0, 0.1) is 5.92 Å². The van der Waals surface area contributed by atoms with E-state index in [0.29, 0.717) is 16.5 Å². The number of nitrogens with one attached hydrogen (secondary N) is 1. The van der Waals surface area contributed by atoms with E-state index < -0.39 is 29.7 Å². The molecule has 0 aromatic heterocycles. The summed E-state index contributed by atoms with van der Waals surface area (Å²) >= 11 is 6.02. The Balaban J connectivity index is 1.51. The molecule has 2 N–H and O–H groups in total. The maximum atomic E-state index is 12.8.